The molecule has 2 aromatic rings. The molecule has 3 rings (SSSR count). The van der Waals surface area contributed by atoms with Gasteiger partial charge in [-0.3, -0.25) is 4.72 Å². The largest absolute Gasteiger partial charge is 0.478 e. The Bertz CT molecular complexity index is 1040. The van der Waals surface area contributed by atoms with E-state index in [1.807, 2.05) is 31.1 Å². The minimum atomic E-state index is -3.96. The van der Waals surface area contributed by atoms with Crippen molar-refractivity contribution < 1.29 is 18.3 Å². The van der Waals surface area contributed by atoms with Gasteiger partial charge in [0, 0.05) is 6.54 Å². The van der Waals surface area contributed by atoms with Crippen LogP contribution in [0.1, 0.15) is 39.9 Å². The van der Waals surface area contributed by atoms with Crippen LogP contribution in [0.3, 0.4) is 0 Å². The van der Waals surface area contributed by atoms with E-state index in [2.05, 4.69) is 4.72 Å². The van der Waals surface area contributed by atoms with Crippen molar-refractivity contribution in [2.45, 2.75) is 30.6 Å². The first-order chi connectivity index (χ1) is 13.8. The molecule has 1 aliphatic rings. The number of likely N-dealkylation sites (N-methyl/N-ethyl adjacent to an activating group) is 1. The molecule has 0 saturated heterocycles. The van der Waals surface area contributed by atoms with Crippen LogP contribution < -0.4 is 4.72 Å². The fourth-order valence-electron chi connectivity index (χ4n) is 3.61. The maximum atomic E-state index is 13.1. The van der Waals surface area contributed by atoms with Crippen LogP contribution in [-0.2, 0) is 22.9 Å². The fraction of sp³-hybridized carbons (Fsp3) is 0.318. The van der Waals surface area contributed by atoms with Crippen molar-refractivity contribution in [3.63, 3.8) is 0 Å². The highest BCUT2D eigenvalue weighted by Crippen LogP contribution is 2.31. The third kappa shape index (κ3) is 4.86. The lowest BCUT2D eigenvalue weighted by Crippen LogP contribution is -2.19. The van der Waals surface area contributed by atoms with Gasteiger partial charge >= 0.3 is 5.97 Å². The Kier molecular flexibility index (Phi) is 6.39. The lowest BCUT2D eigenvalue weighted by molar-refractivity contribution is 0.0696. The van der Waals surface area contributed by atoms with E-state index < -0.39 is 16.0 Å². The number of nitrogens with zero attached hydrogens (tertiary/aromatic N) is 1. The van der Waals surface area contributed by atoms with Gasteiger partial charge in [-0.1, -0.05) is 36.4 Å². The van der Waals surface area contributed by atoms with Crippen LogP contribution in [-0.4, -0.2) is 45.0 Å². The lowest BCUT2D eigenvalue weighted by atomic mass is 9.87. The number of hydrogen-bond donors (Lipinski definition) is 2. The van der Waals surface area contributed by atoms with Crippen molar-refractivity contribution in [2.24, 2.45) is 0 Å². The van der Waals surface area contributed by atoms with Gasteiger partial charge in [-0.05, 0) is 68.6 Å². The second-order valence-corrected chi connectivity index (χ2v) is 9.10. The van der Waals surface area contributed by atoms with E-state index in [4.69, 9.17) is 0 Å². The molecule has 0 heterocycles. The zero-order chi connectivity index (χ0) is 21.0. The summed E-state index contributed by atoms with van der Waals surface area (Å²) in [7, 11) is -0.0981. The lowest BCUT2D eigenvalue weighted by Gasteiger charge is -2.21. The summed E-state index contributed by atoms with van der Waals surface area (Å²) in [6, 6.07) is 10.1. The van der Waals surface area contributed by atoms with Crippen molar-refractivity contribution in [1.29, 1.82) is 0 Å². The van der Waals surface area contributed by atoms with E-state index in [-0.39, 0.29) is 16.1 Å². The zero-order valence-electron chi connectivity index (χ0n) is 16.7. The van der Waals surface area contributed by atoms with Crippen LogP contribution in [0.15, 0.2) is 47.4 Å². The average molecular weight is 415 g/mol. The molecule has 2 aromatic carbocycles. The van der Waals surface area contributed by atoms with Crippen molar-refractivity contribution in [3.8, 4) is 0 Å². The number of sulfonamides is 1. The summed E-state index contributed by atoms with van der Waals surface area (Å²) in [4.78, 5) is 14.0. The molecule has 0 bridgehead atoms. The normalized spacial score (nSPS) is 14.2. The van der Waals surface area contributed by atoms with E-state index in [1.54, 1.807) is 30.3 Å². The summed E-state index contributed by atoms with van der Waals surface area (Å²) >= 11 is 0. The van der Waals surface area contributed by atoms with E-state index in [1.165, 1.54) is 6.07 Å². The van der Waals surface area contributed by atoms with Gasteiger partial charge < -0.3 is 10.0 Å². The second kappa shape index (κ2) is 8.80. The number of anilines is 1. The molecule has 29 heavy (non-hydrogen) atoms. The van der Waals surface area contributed by atoms with Crippen molar-refractivity contribution in [2.75, 3.05) is 25.4 Å². The molecule has 0 spiro atoms. The Hall–Kier alpha value is -2.64. The van der Waals surface area contributed by atoms with E-state index >= 15 is 0 Å². The molecular weight excluding hydrogens is 388 g/mol. The summed E-state index contributed by atoms with van der Waals surface area (Å²) in [6.07, 6.45) is 7.04. The smallest absolute Gasteiger partial charge is 0.338 e. The number of carboxylic acid groups (broad SMARTS) is 1. The number of aryl methyl sites for hydroxylation is 1. The Morgan fingerprint density at radius 1 is 1.14 bits per heavy atom. The molecule has 6 nitrogen and oxygen atoms in total. The topological polar surface area (TPSA) is 86.7 Å². The minimum Gasteiger partial charge on any atom is -0.478 e. The third-order valence-corrected chi connectivity index (χ3v) is 6.41. The van der Waals surface area contributed by atoms with Crippen LogP contribution in [0.25, 0.3) is 6.08 Å². The predicted octanol–water partition coefficient (Wildman–Crippen LogP) is 3.64. The maximum Gasteiger partial charge on any atom is 0.338 e. The number of hydrogen-bond acceptors (Lipinski definition) is 4. The number of fused-ring (bicyclic) bond motifs is 1. The van der Waals surface area contributed by atoms with E-state index in [0.29, 0.717) is 18.5 Å². The molecular formula is C22H26N2O4S. The molecule has 0 unspecified atom stereocenters. The summed E-state index contributed by atoms with van der Waals surface area (Å²) in [5.41, 5.74) is 2.46. The van der Waals surface area contributed by atoms with E-state index in [0.717, 1.165) is 30.4 Å². The molecule has 0 aliphatic heterocycles. The SMILES string of the molecule is CN(C)C/C=C/c1ccccc1S(=O)(=O)Nc1ccc2c(c1C(=O)O)CCCC2. The summed E-state index contributed by atoms with van der Waals surface area (Å²) < 4.78 is 28.7. The first-order valence-corrected chi connectivity index (χ1v) is 11.1. The molecule has 0 amide bonds. The zero-order valence-corrected chi connectivity index (χ0v) is 17.5. The average Bonchev–Trinajstić information content (AvgIpc) is 2.67. The molecule has 0 fully saturated rings. The standard InChI is InChI=1S/C22H26N2O4S/c1-24(2)15-7-10-17-9-4-6-12-20(17)29(27,28)23-19-14-13-16-8-3-5-11-18(16)21(19)22(25)26/h4,6-7,9-10,12-14,23H,3,5,8,11,15H2,1-2H3,(H,25,26)/b10-7+. The number of carbonyl (C=O) groups is 1. The number of rotatable bonds is 7. The van der Waals surface area contributed by atoms with Gasteiger partial charge in [0.2, 0.25) is 0 Å². The number of nitrogens with one attached hydrogen (secondary N) is 1. The monoisotopic (exact) mass is 414 g/mol. The van der Waals surface area contributed by atoms with Crippen molar-refractivity contribution in [3.05, 3.63) is 64.7 Å². The molecule has 7 heteroatoms. The highest BCUT2D eigenvalue weighted by atomic mass is 32.2. The molecule has 0 atom stereocenters. The Balaban J connectivity index is 1.99. The highest BCUT2D eigenvalue weighted by Gasteiger charge is 2.25. The van der Waals surface area contributed by atoms with Crippen LogP contribution >= 0.6 is 0 Å². The molecule has 154 valence electrons. The Morgan fingerprint density at radius 2 is 1.86 bits per heavy atom. The van der Waals surface area contributed by atoms with Crippen LogP contribution in [0.4, 0.5) is 5.69 Å². The van der Waals surface area contributed by atoms with Crippen LogP contribution in [0, 0.1) is 0 Å². The molecule has 0 radical (unpaired) electrons. The number of benzene rings is 2. The molecule has 2 N–H and O–H groups in total. The van der Waals surface area contributed by atoms with Gasteiger partial charge in [0.25, 0.3) is 10.0 Å². The van der Waals surface area contributed by atoms with E-state index in [9.17, 15) is 18.3 Å². The second-order valence-electron chi connectivity index (χ2n) is 7.45. The number of aromatic carboxylic acids is 1. The fourth-order valence-corrected chi connectivity index (χ4v) is 4.88. The summed E-state index contributed by atoms with van der Waals surface area (Å²) in [5, 5.41) is 9.76. The van der Waals surface area contributed by atoms with Crippen LogP contribution in [0.5, 0.6) is 0 Å². The van der Waals surface area contributed by atoms with Gasteiger partial charge in [0.05, 0.1) is 16.1 Å². The van der Waals surface area contributed by atoms with Crippen LogP contribution in [0.2, 0.25) is 0 Å². The number of carboxylic acids is 1. The Labute approximate surface area is 171 Å². The molecule has 1 aliphatic carbocycles. The van der Waals surface area contributed by atoms with Gasteiger partial charge in [0.1, 0.15) is 0 Å². The van der Waals surface area contributed by atoms with Gasteiger partial charge in [-0.2, -0.15) is 0 Å². The first-order valence-electron chi connectivity index (χ1n) is 9.61. The minimum absolute atomic E-state index is 0.0615. The van der Waals surface area contributed by atoms with Crippen molar-refractivity contribution in [1.82, 2.24) is 4.90 Å². The van der Waals surface area contributed by atoms with Gasteiger partial charge in [-0.25, -0.2) is 13.2 Å². The Morgan fingerprint density at radius 3 is 2.59 bits per heavy atom. The third-order valence-electron chi connectivity index (χ3n) is 4.97. The highest BCUT2D eigenvalue weighted by molar-refractivity contribution is 7.92. The van der Waals surface area contributed by atoms with Gasteiger partial charge in [-0.15, -0.1) is 0 Å². The quantitative estimate of drug-likeness (QED) is 0.722. The molecule has 0 saturated carbocycles. The predicted molar refractivity (Wildman–Crippen MR) is 115 cm³/mol. The first kappa shape index (κ1) is 21.1. The maximum absolute atomic E-state index is 13.1. The summed E-state index contributed by atoms with van der Waals surface area (Å²) in [5.74, 6) is -1.11. The van der Waals surface area contributed by atoms with Gasteiger partial charge in [0.15, 0.2) is 0 Å². The van der Waals surface area contributed by atoms with Crippen molar-refractivity contribution >= 4 is 27.8 Å². The molecule has 0 aromatic heterocycles. The summed E-state index contributed by atoms with van der Waals surface area (Å²) in [6.45, 7) is 0.676.